The number of aliphatic hydroxyl groups excluding tert-OH is 1. The minimum atomic E-state index is -0.432. The molecule has 1 aliphatic carbocycles. The third-order valence-electron chi connectivity index (χ3n) is 4.91. The van der Waals surface area contributed by atoms with Gasteiger partial charge in [-0.05, 0) is 61.6 Å². The van der Waals surface area contributed by atoms with E-state index in [0.717, 1.165) is 24.1 Å². The van der Waals surface area contributed by atoms with Crippen LogP contribution in [0.2, 0.25) is 0 Å². The van der Waals surface area contributed by atoms with Crippen molar-refractivity contribution >= 4 is 10.9 Å². The third kappa shape index (κ3) is 2.96. The molecule has 2 heteroatoms. The number of pyridine rings is 1. The molecule has 21 heavy (non-hydrogen) atoms. The molecule has 1 aromatic carbocycles. The fourth-order valence-corrected chi connectivity index (χ4v) is 4.04. The molecule has 1 N–H and O–H groups in total. The molecule has 0 spiro atoms. The number of rotatable bonds is 2. The molecule has 2 nitrogen and oxygen atoms in total. The topological polar surface area (TPSA) is 33.1 Å². The van der Waals surface area contributed by atoms with Gasteiger partial charge < -0.3 is 5.11 Å². The summed E-state index contributed by atoms with van der Waals surface area (Å²) in [6.07, 6.45) is 3.07. The Hall–Kier alpha value is -1.41. The second kappa shape index (κ2) is 5.76. The fourth-order valence-electron chi connectivity index (χ4n) is 4.04. The molecule has 1 saturated carbocycles. The van der Waals surface area contributed by atoms with Crippen LogP contribution in [0.5, 0.6) is 0 Å². The van der Waals surface area contributed by atoms with E-state index in [1.54, 1.807) is 0 Å². The van der Waals surface area contributed by atoms with Gasteiger partial charge in [0.05, 0.1) is 17.3 Å². The smallest absolute Gasteiger partial charge is 0.0988 e. The highest BCUT2D eigenvalue weighted by Gasteiger charge is 2.30. The number of aryl methyl sites for hydroxylation is 1. The van der Waals surface area contributed by atoms with E-state index in [9.17, 15) is 5.11 Å². The van der Waals surface area contributed by atoms with E-state index in [2.05, 4.69) is 32.9 Å². The second-order valence-electron chi connectivity index (χ2n) is 7.00. The SMILES string of the molecule is Cc1cc(C(O)C2CC(C)CC(C)C2)nc2ccccc12. The maximum absolute atomic E-state index is 10.8. The van der Waals surface area contributed by atoms with Crippen LogP contribution < -0.4 is 0 Å². The Morgan fingerprint density at radius 1 is 1.10 bits per heavy atom. The van der Waals surface area contributed by atoms with E-state index in [0.29, 0.717) is 17.8 Å². The molecule has 1 heterocycles. The van der Waals surface area contributed by atoms with Gasteiger partial charge in [-0.2, -0.15) is 0 Å². The van der Waals surface area contributed by atoms with Crippen LogP contribution in [0.15, 0.2) is 30.3 Å². The standard InChI is InChI=1S/C19H25NO/c1-12-8-13(2)10-15(9-12)19(21)18-11-14(3)16-6-4-5-7-17(16)20-18/h4-7,11-13,15,19,21H,8-10H2,1-3H3. The van der Waals surface area contributed by atoms with Crippen LogP contribution in [0.3, 0.4) is 0 Å². The van der Waals surface area contributed by atoms with E-state index in [1.807, 2.05) is 18.2 Å². The van der Waals surface area contributed by atoms with E-state index >= 15 is 0 Å². The van der Waals surface area contributed by atoms with Gasteiger partial charge in [0, 0.05) is 5.39 Å². The van der Waals surface area contributed by atoms with Crippen molar-refractivity contribution in [2.24, 2.45) is 17.8 Å². The van der Waals surface area contributed by atoms with Crippen molar-refractivity contribution in [2.75, 3.05) is 0 Å². The molecule has 0 radical (unpaired) electrons. The molecule has 2 aromatic rings. The highest BCUT2D eigenvalue weighted by Crippen LogP contribution is 2.39. The molecule has 0 bridgehead atoms. The van der Waals surface area contributed by atoms with Crippen molar-refractivity contribution in [1.29, 1.82) is 0 Å². The van der Waals surface area contributed by atoms with E-state index in [1.165, 1.54) is 17.4 Å². The van der Waals surface area contributed by atoms with Crippen LogP contribution >= 0.6 is 0 Å². The lowest BCUT2D eigenvalue weighted by Crippen LogP contribution is -2.25. The summed E-state index contributed by atoms with van der Waals surface area (Å²) in [7, 11) is 0. The molecule has 0 aliphatic heterocycles. The lowest BCUT2D eigenvalue weighted by Gasteiger charge is -2.34. The summed E-state index contributed by atoms with van der Waals surface area (Å²) >= 11 is 0. The number of aromatic nitrogens is 1. The van der Waals surface area contributed by atoms with Crippen molar-refractivity contribution in [2.45, 2.75) is 46.1 Å². The van der Waals surface area contributed by atoms with Gasteiger partial charge in [-0.3, -0.25) is 4.98 Å². The van der Waals surface area contributed by atoms with E-state index in [4.69, 9.17) is 4.98 Å². The summed E-state index contributed by atoms with van der Waals surface area (Å²) in [5.41, 5.74) is 3.03. The number of fused-ring (bicyclic) bond motifs is 1. The first-order valence-corrected chi connectivity index (χ1v) is 8.09. The van der Waals surface area contributed by atoms with Crippen LogP contribution in [0, 0.1) is 24.7 Å². The molecule has 0 amide bonds. The number of benzene rings is 1. The van der Waals surface area contributed by atoms with Crippen molar-refractivity contribution in [3.63, 3.8) is 0 Å². The predicted molar refractivity (Wildman–Crippen MR) is 87.1 cm³/mol. The van der Waals surface area contributed by atoms with Gasteiger partial charge >= 0.3 is 0 Å². The second-order valence-corrected chi connectivity index (χ2v) is 7.00. The minimum Gasteiger partial charge on any atom is -0.387 e. The Morgan fingerprint density at radius 2 is 1.76 bits per heavy atom. The van der Waals surface area contributed by atoms with Crippen molar-refractivity contribution in [1.82, 2.24) is 4.98 Å². The van der Waals surface area contributed by atoms with E-state index in [-0.39, 0.29) is 0 Å². The molecular formula is C19H25NO. The summed E-state index contributed by atoms with van der Waals surface area (Å²) < 4.78 is 0. The third-order valence-corrected chi connectivity index (χ3v) is 4.91. The highest BCUT2D eigenvalue weighted by atomic mass is 16.3. The molecule has 1 fully saturated rings. The maximum atomic E-state index is 10.8. The van der Waals surface area contributed by atoms with Gasteiger partial charge in [-0.25, -0.2) is 0 Å². The van der Waals surface area contributed by atoms with Crippen LogP contribution in [0.4, 0.5) is 0 Å². The zero-order chi connectivity index (χ0) is 15.0. The first kappa shape index (κ1) is 14.5. The predicted octanol–water partition coefficient (Wildman–Crippen LogP) is 4.65. The molecular weight excluding hydrogens is 258 g/mol. The van der Waals surface area contributed by atoms with Crippen LogP contribution in [-0.2, 0) is 0 Å². The summed E-state index contributed by atoms with van der Waals surface area (Å²) in [5, 5.41) is 12.0. The largest absolute Gasteiger partial charge is 0.387 e. The number of hydrogen-bond acceptors (Lipinski definition) is 2. The Balaban J connectivity index is 1.92. The van der Waals surface area contributed by atoms with Gasteiger partial charge in [0.15, 0.2) is 0 Å². The zero-order valence-corrected chi connectivity index (χ0v) is 13.2. The maximum Gasteiger partial charge on any atom is 0.0988 e. The average Bonchev–Trinajstić information content (AvgIpc) is 2.45. The van der Waals surface area contributed by atoms with Gasteiger partial charge in [0.1, 0.15) is 0 Å². The van der Waals surface area contributed by atoms with Crippen molar-refractivity contribution in [3.05, 3.63) is 41.6 Å². The average molecular weight is 283 g/mol. The lowest BCUT2D eigenvalue weighted by molar-refractivity contribution is 0.0524. The number of aliphatic hydroxyl groups is 1. The molecule has 1 aliphatic rings. The Morgan fingerprint density at radius 3 is 2.48 bits per heavy atom. The van der Waals surface area contributed by atoms with Gasteiger partial charge in [0.25, 0.3) is 0 Å². The quantitative estimate of drug-likeness (QED) is 0.870. The van der Waals surface area contributed by atoms with Crippen LogP contribution in [0.1, 0.15) is 50.5 Å². The van der Waals surface area contributed by atoms with Gasteiger partial charge in [-0.15, -0.1) is 0 Å². The van der Waals surface area contributed by atoms with Crippen LogP contribution in [-0.4, -0.2) is 10.1 Å². The summed E-state index contributed by atoms with van der Waals surface area (Å²) in [5.74, 6) is 1.75. The first-order valence-electron chi connectivity index (χ1n) is 8.09. The summed E-state index contributed by atoms with van der Waals surface area (Å²) in [4.78, 5) is 4.71. The molecule has 0 saturated heterocycles. The van der Waals surface area contributed by atoms with Crippen LogP contribution in [0.25, 0.3) is 10.9 Å². The van der Waals surface area contributed by atoms with Crippen molar-refractivity contribution in [3.8, 4) is 0 Å². The normalized spacial score (nSPS) is 27.7. The Labute approximate surface area is 127 Å². The monoisotopic (exact) mass is 283 g/mol. The highest BCUT2D eigenvalue weighted by molar-refractivity contribution is 5.82. The summed E-state index contributed by atoms with van der Waals surface area (Å²) in [6, 6.07) is 10.2. The Bertz CT molecular complexity index is 626. The zero-order valence-electron chi connectivity index (χ0n) is 13.2. The fraction of sp³-hybridized carbons (Fsp3) is 0.526. The molecule has 3 unspecified atom stereocenters. The molecule has 3 atom stereocenters. The van der Waals surface area contributed by atoms with Gasteiger partial charge in [0.2, 0.25) is 0 Å². The Kier molecular flexibility index (Phi) is 3.99. The molecule has 3 rings (SSSR count). The van der Waals surface area contributed by atoms with E-state index < -0.39 is 6.10 Å². The first-order chi connectivity index (χ1) is 10.0. The number of nitrogens with zero attached hydrogens (tertiary/aromatic N) is 1. The lowest BCUT2D eigenvalue weighted by atomic mass is 9.74. The molecule has 1 aromatic heterocycles. The molecule has 112 valence electrons. The summed E-state index contributed by atoms with van der Waals surface area (Å²) in [6.45, 7) is 6.70. The number of hydrogen-bond donors (Lipinski definition) is 1. The van der Waals surface area contributed by atoms with Gasteiger partial charge in [-0.1, -0.05) is 32.0 Å². The van der Waals surface area contributed by atoms with Crippen molar-refractivity contribution < 1.29 is 5.11 Å². The number of para-hydroxylation sites is 1. The minimum absolute atomic E-state index is 0.344.